The van der Waals surface area contributed by atoms with Gasteiger partial charge in [0.05, 0.1) is 0 Å². The molecule has 0 saturated heterocycles. The van der Waals surface area contributed by atoms with Crippen molar-refractivity contribution in [2.24, 2.45) is 0 Å². The predicted molar refractivity (Wildman–Crippen MR) is 74.0 cm³/mol. The van der Waals surface area contributed by atoms with Crippen molar-refractivity contribution < 1.29 is 18.0 Å². The Labute approximate surface area is 121 Å². The number of hydrogen-bond acceptors (Lipinski definition) is 6. The maximum absolute atomic E-state index is 12.0. The van der Waals surface area contributed by atoms with Crippen molar-refractivity contribution in [2.45, 2.75) is 24.4 Å². The minimum Gasteiger partial charge on any atom is -0.382 e. The van der Waals surface area contributed by atoms with E-state index in [0.29, 0.717) is 5.00 Å². The molecule has 0 bridgehead atoms. The zero-order valence-electron chi connectivity index (χ0n) is 10.3. The number of rotatable bonds is 6. The monoisotopic (exact) mass is 326 g/mol. The minimum absolute atomic E-state index is 0.0789. The zero-order valence-corrected chi connectivity index (χ0v) is 11.9. The molecule has 0 radical (unpaired) electrons. The van der Waals surface area contributed by atoms with E-state index < -0.39 is 5.51 Å². The molecule has 112 valence electrons. The topological polar surface area (TPSA) is 80.0 Å². The van der Waals surface area contributed by atoms with Crippen molar-refractivity contribution in [1.82, 2.24) is 9.69 Å². The van der Waals surface area contributed by atoms with E-state index in [1.165, 1.54) is 0 Å². The summed E-state index contributed by atoms with van der Waals surface area (Å²) in [6.07, 6.45) is 1.88. The molecule has 0 aliphatic heterocycles. The Hall–Kier alpha value is -1.16. The van der Waals surface area contributed by atoms with Gasteiger partial charge in [0.1, 0.15) is 10.6 Å². The van der Waals surface area contributed by atoms with Crippen LogP contribution in [0.25, 0.3) is 0 Å². The summed E-state index contributed by atoms with van der Waals surface area (Å²) in [5.41, 5.74) is 1.60. The van der Waals surface area contributed by atoms with Gasteiger partial charge >= 0.3 is 5.51 Å². The van der Waals surface area contributed by atoms with Gasteiger partial charge in [-0.1, -0.05) is 0 Å². The van der Waals surface area contributed by atoms with Gasteiger partial charge in [-0.2, -0.15) is 17.5 Å². The third-order valence-electron chi connectivity index (χ3n) is 2.51. The number of aromatic nitrogens is 1. The SMILES string of the molecule is Nc1nsc(NCCSC(F)(F)F)c1C(=O)NC1CC1. The molecule has 1 aromatic rings. The molecular formula is C10H13F3N4OS2. The van der Waals surface area contributed by atoms with Crippen LogP contribution in [0.4, 0.5) is 24.0 Å². The molecule has 0 atom stereocenters. The highest BCUT2D eigenvalue weighted by Crippen LogP contribution is 2.31. The van der Waals surface area contributed by atoms with Crippen molar-refractivity contribution in [3.63, 3.8) is 0 Å². The first kappa shape index (κ1) is 15.2. The summed E-state index contributed by atoms with van der Waals surface area (Å²) < 4.78 is 39.8. The molecule has 2 rings (SSSR count). The summed E-state index contributed by atoms with van der Waals surface area (Å²) in [5, 5.41) is 5.96. The van der Waals surface area contributed by atoms with Crippen molar-refractivity contribution >= 4 is 40.0 Å². The number of carbonyl (C=O) groups excluding carboxylic acids is 1. The van der Waals surface area contributed by atoms with Gasteiger partial charge in [-0.15, -0.1) is 0 Å². The second-order valence-corrected chi connectivity index (χ2v) is 6.17. The number of hydrogen-bond donors (Lipinski definition) is 3. The summed E-state index contributed by atoms with van der Waals surface area (Å²) in [5.74, 6) is -0.380. The Balaban J connectivity index is 1.89. The molecular weight excluding hydrogens is 313 g/mol. The Morgan fingerprint density at radius 1 is 1.50 bits per heavy atom. The van der Waals surface area contributed by atoms with Crippen LogP contribution in [0.5, 0.6) is 0 Å². The molecule has 0 unspecified atom stereocenters. The standard InChI is InChI=1S/C10H13F3N4OS2/c11-10(12,13)19-4-3-15-9-6(7(14)17-20-9)8(18)16-5-1-2-5/h5,15H,1-4H2,(H2,14,17)(H,16,18). The van der Waals surface area contributed by atoms with E-state index in [2.05, 4.69) is 15.0 Å². The van der Waals surface area contributed by atoms with Crippen LogP contribution < -0.4 is 16.4 Å². The number of thioether (sulfide) groups is 1. The Kier molecular flexibility index (Phi) is 4.63. The fourth-order valence-corrected chi connectivity index (χ4v) is 2.63. The summed E-state index contributed by atoms with van der Waals surface area (Å²) in [6.45, 7) is 0.0789. The fraction of sp³-hybridized carbons (Fsp3) is 0.600. The molecule has 1 aromatic heterocycles. The van der Waals surface area contributed by atoms with Crippen LogP contribution >= 0.6 is 23.3 Å². The number of anilines is 2. The molecule has 10 heteroatoms. The third kappa shape index (κ3) is 4.44. The molecule has 1 amide bonds. The molecule has 4 N–H and O–H groups in total. The van der Waals surface area contributed by atoms with Crippen molar-refractivity contribution in [1.29, 1.82) is 0 Å². The average Bonchev–Trinajstić information content (AvgIpc) is 3.06. The highest BCUT2D eigenvalue weighted by atomic mass is 32.2. The van der Waals surface area contributed by atoms with Gasteiger partial charge in [0.15, 0.2) is 5.82 Å². The largest absolute Gasteiger partial charge is 0.441 e. The summed E-state index contributed by atoms with van der Waals surface area (Å²) in [7, 11) is 0. The second-order valence-electron chi connectivity index (χ2n) is 4.24. The Morgan fingerprint density at radius 3 is 2.80 bits per heavy atom. The Morgan fingerprint density at radius 2 is 2.20 bits per heavy atom. The first-order chi connectivity index (χ1) is 9.37. The summed E-state index contributed by atoms with van der Waals surface area (Å²) >= 11 is 0.857. The van der Waals surface area contributed by atoms with Crippen LogP contribution in [-0.4, -0.2) is 34.1 Å². The lowest BCUT2D eigenvalue weighted by atomic mass is 10.3. The van der Waals surface area contributed by atoms with E-state index >= 15 is 0 Å². The number of alkyl halides is 3. The average molecular weight is 326 g/mol. The smallest absolute Gasteiger partial charge is 0.382 e. The molecule has 1 fully saturated rings. The van der Waals surface area contributed by atoms with Gasteiger partial charge < -0.3 is 16.4 Å². The quantitative estimate of drug-likeness (QED) is 0.699. The van der Waals surface area contributed by atoms with Crippen molar-refractivity contribution in [3.05, 3.63) is 5.56 Å². The van der Waals surface area contributed by atoms with E-state index in [1.807, 2.05) is 0 Å². The summed E-state index contributed by atoms with van der Waals surface area (Å²) in [6, 6.07) is 0.176. The normalized spacial score (nSPS) is 15.2. The van der Waals surface area contributed by atoms with E-state index in [-0.39, 0.29) is 47.4 Å². The first-order valence-corrected chi connectivity index (χ1v) is 7.63. The molecule has 1 heterocycles. The van der Waals surface area contributed by atoms with Crippen LogP contribution in [0.1, 0.15) is 23.2 Å². The molecule has 0 spiro atoms. The van der Waals surface area contributed by atoms with Crippen LogP contribution in [-0.2, 0) is 0 Å². The van der Waals surface area contributed by atoms with E-state index in [0.717, 1.165) is 24.4 Å². The zero-order chi connectivity index (χ0) is 14.8. The molecule has 20 heavy (non-hydrogen) atoms. The lowest BCUT2D eigenvalue weighted by molar-refractivity contribution is -0.0327. The fourth-order valence-electron chi connectivity index (χ4n) is 1.46. The number of nitrogens with two attached hydrogens (primary N) is 1. The van der Waals surface area contributed by atoms with Gasteiger partial charge in [-0.05, 0) is 36.1 Å². The van der Waals surface area contributed by atoms with Crippen LogP contribution in [0.2, 0.25) is 0 Å². The third-order valence-corrected chi connectivity index (χ3v) is 4.07. The number of carbonyl (C=O) groups is 1. The maximum Gasteiger partial charge on any atom is 0.441 e. The number of nitrogens with zero attached hydrogens (tertiary/aromatic N) is 1. The summed E-state index contributed by atoms with van der Waals surface area (Å²) in [4.78, 5) is 11.9. The van der Waals surface area contributed by atoms with Gasteiger partial charge in [-0.3, -0.25) is 4.79 Å². The van der Waals surface area contributed by atoms with E-state index in [4.69, 9.17) is 5.73 Å². The Bertz CT molecular complexity index is 487. The lowest BCUT2D eigenvalue weighted by Gasteiger charge is -2.08. The van der Waals surface area contributed by atoms with Crippen LogP contribution in [0, 0.1) is 0 Å². The van der Waals surface area contributed by atoms with Crippen molar-refractivity contribution in [2.75, 3.05) is 23.3 Å². The molecule has 1 saturated carbocycles. The molecule has 0 aromatic carbocycles. The van der Waals surface area contributed by atoms with Crippen LogP contribution in [0.3, 0.4) is 0 Å². The number of halogens is 3. The van der Waals surface area contributed by atoms with Crippen LogP contribution in [0.15, 0.2) is 0 Å². The first-order valence-electron chi connectivity index (χ1n) is 5.87. The molecule has 5 nitrogen and oxygen atoms in total. The predicted octanol–water partition coefficient (Wildman–Crippen LogP) is 2.28. The maximum atomic E-state index is 12.0. The van der Waals surface area contributed by atoms with Gasteiger partial charge in [0.2, 0.25) is 0 Å². The van der Waals surface area contributed by atoms with Gasteiger partial charge in [0.25, 0.3) is 5.91 Å². The second kappa shape index (κ2) is 6.08. The highest BCUT2D eigenvalue weighted by molar-refractivity contribution is 8.00. The van der Waals surface area contributed by atoms with E-state index in [9.17, 15) is 18.0 Å². The van der Waals surface area contributed by atoms with E-state index in [1.54, 1.807) is 0 Å². The minimum atomic E-state index is -4.25. The highest BCUT2D eigenvalue weighted by Gasteiger charge is 2.29. The van der Waals surface area contributed by atoms with Gasteiger partial charge in [-0.25, -0.2) is 0 Å². The number of nitrogens with one attached hydrogen (secondary N) is 2. The van der Waals surface area contributed by atoms with Crippen molar-refractivity contribution in [3.8, 4) is 0 Å². The molecule has 1 aliphatic rings. The lowest BCUT2D eigenvalue weighted by Crippen LogP contribution is -2.26. The number of amides is 1. The number of nitrogen functional groups attached to an aromatic ring is 1. The molecule has 1 aliphatic carbocycles. The van der Waals surface area contributed by atoms with Gasteiger partial charge in [0, 0.05) is 18.3 Å².